The summed E-state index contributed by atoms with van der Waals surface area (Å²) in [5.74, 6) is 9.13. The molecule has 0 spiro atoms. The monoisotopic (exact) mass is 1000 g/mol. The smallest absolute Gasteiger partial charge is 0.199 e. The maximum atomic E-state index is 9.00. The topological polar surface area (TPSA) is 75.6 Å². The Morgan fingerprint density at radius 3 is 1.49 bits per heavy atom. The lowest BCUT2D eigenvalue weighted by atomic mass is 9.85. The molecule has 4 atom stereocenters. The van der Waals surface area contributed by atoms with Crippen molar-refractivity contribution in [1.29, 1.82) is 0 Å². The van der Waals surface area contributed by atoms with E-state index in [0.717, 1.165) is 119 Å². The normalized spacial score (nSPS) is 19.9. The van der Waals surface area contributed by atoms with E-state index in [1.807, 2.05) is 30.3 Å². The summed E-state index contributed by atoms with van der Waals surface area (Å²) in [4.78, 5) is 0. The van der Waals surface area contributed by atoms with Crippen molar-refractivity contribution in [3.8, 4) is 34.8 Å². The summed E-state index contributed by atoms with van der Waals surface area (Å²) in [6, 6.07) is 46.0. The SMILES string of the molecule is CC1=C(c2cccc(OC3CCCCO3)c2)C(c2ccc(C#CCO)cc2)Oc2ccc(C)cc21.CC1=C(c2cccc(OC3CCCCO3)c2)C(c2ccc(I)cc2)Oc2ccc(C)cc21. The van der Waals surface area contributed by atoms with Gasteiger partial charge in [0.25, 0.3) is 0 Å². The van der Waals surface area contributed by atoms with Gasteiger partial charge in [-0.2, -0.15) is 0 Å². The highest BCUT2D eigenvalue weighted by molar-refractivity contribution is 14.1. The number of aliphatic hydroxyl groups is 1. The number of rotatable bonds is 8. The molecule has 10 rings (SSSR count). The van der Waals surface area contributed by atoms with Crippen LogP contribution in [0.25, 0.3) is 22.3 Å². The van der Waals surface area contributed by atoms with Gasteiger partial charge in [0.15, 0.2) is 12.6 Å². The molecule has 2 saturated heterocycles. The van der Waals surface area contributed by atoms with Crippen molar-refractivity contribution in [3.05, 3.63) is 187 Å². The molecule has 0 bridgehead atoms. The molecule has 0 amide bonds. The van der Waals surface area contributed by atoms with Crippen LogP contribution in [0.15, 0.2) is 133 Å². The fourth-order valence-corrected chi connectivity index (χ4v) is 9.61. The number of aryl methyl sites for hydroxylation is 2. The summed E-state index contributed by atoms with van der Waals surface area (Å²) < 4.78 is 38.4. The molecule has 4 unspecified atom stereocenters. The molecule has 0 saturated carbocycles. The third-order valence-electron chi connectivity index (χ3n) is 12.7. The predicted octanol–water partition coefficient (Wildman–Crippen LogP) is 13.9. The van der Waals surface area contributed by atoms with Gasteiger partial charge < -0.3 is 33.5 Å². The number of allylic oxidation sites excluding steroid dienone is 2. The van der Waals surface area contributed by atoms with Crippen molar-refractivity contribution in [3.63, 3.8) is 0 Å². The minimum absolute atomic E-state index is 0.153. The van der Waals surface area contributed by atoms with Gasteiger partial charge in [-0.05, 0) is 182 Å². The van der Waals surface area contributed by atoms with Crippen molar-refractivity contribution in [2.24, 2.45) is 0 Å². The fraction of sp³-hybridized carbons (Fsp3) is 0.288. The standard InChI is InChI=1S/C31H30O4.C28H27IO3/c1-21-11-16-28-27(19-21)22(2)30(31(35-28)24-14-12-23(13-15-24)7-6-17-32)25-8-5-9-26(20-25)34-29-10-3-4-18-33-29;1-18-9-14-25-24(16-18)19(2)27(28(32-25)20-10-12-22(29)13-11-20)21-6-5-7-23(17-21)31-26-8-3-4-15-30-26/h5,8-9,11-16,19-20,29,31-32H,3-4,10,17-18H2,1-2H3;5-7,9-14,16-17,26,28H,3-4,8,15H2,1-2H3. The lowest BCUT2D eigenvalue weighted by molar-refractivity contribution is -0.106. The molecular formula is C59H57IO7. The number of aliphatic hydroxyl groups excluding tert-OH is 1. The maximum absolute atomic E-state index is 9.00. The largest absolute Gasteiger partial charge is 0.480 e. The van der Waals surface area contributed by atoms with Crippen molar-refractivity contribution in [2.45, 2.75) is 91.0 Å². The molecule has 0 radical (unpaired) electrons. The molecule has 7 nitrogen and oxygen atoms in total. The molecule has 4 heterocycles. The highest BCUT2D eigenvalue weighted by Gasteiger charge is 2.31. The highest BCUT2D eigenvalue weighted by atomic mass is 127. The van der Waals surface area contributed by atoms with Gasteiger partial charge in [0, 0.05) is 44.2 Å². The number of hydrogen-bond donors (Lipinski definition) is 1. The van der Waals surface area contributed by atoms with E-state index in [4.69, 9.17) is 33.5 Å². The van der Waals surface area contributed by atoms with E-state index in [1.165, 1.54) is 31.4 Å². The number of ether oxygens (including phenoxy) is 6. The lowest BCUT2D eigenvalue weighted by Crippen LogP contribution is -2.25. The quantitative estimate of drug-likeness (QED) is 0.120. The van der Waals surface area contributed by atoms with Crippen molar-refractivity contribution in [2.75, 3.05) is 19.8 Å². The van der Waals surface area contributed by atoms with E-state index in [-0.39, 0.29) is 31.4 Å². The van der Waals surface area contributed by atoms with Crippen LogP contribution in [0.5, 0.6) is 23.0 Å². The Hall–Kier alpha value is -5.83. The first kappa shape index (κ1) is 46.3. The van der Waals surface area contributed by atoms with Crippen molar-refractivity contribution >= 4 is 44.9 Å². The average Bonchev–Trinajstić information content (AvgIpc) is 3.35. The van der Waals surface area contributed by atoms with Gasteiger partial charge in [-0.15, -0.1) is 0 Å². The van der Waals surface area contributed by atoms with E-state index in [0.29, 0.717) is 0 Å². The zero-order valence-corrected chi connectivity index (χ0v) is 40.8. The number of hydrogen-bond acceptors (Lipinski definition) is 7. The molecule has 6 aromatic carbocycles. The molecule has 4 aliphatic heterocycles. The Bertz CT molecular complexity index is 2820. The molecule has 342 valence electrons. The van der Waals surface area contributed by atoms with Crippen LogP contribution in [0.3, 0.4) is 0 Å². The molecule has 8 heteroatoms. The molecule has 2 fully saturated rings. The van der Waals surface area contributed by atoms with Gasteiger partial charge in [0.1, 0.15) is 41.8 Å². The summed E-state index contributed by atoms with van der Waals surface area (Å²) in [5, 5.41) is 9.00. The number of fused-ring (bicyclic) bond motifs is 2. The Morgan fingerprint density at radius 2 is 1.04 bits per heavy atom. The minimum atomic E-state index is -0.272. The first-order chi connectivity index (χ1) is 32.7. The Kier molecular flexibility index (Phi) is 14.8. The van der Waals surface area contributed by atoms with Crippen LogP contribution in [0.4, 0.5) is 0 Å². The Morgan fingerprint density at radius 1 is 0.567 bits per heavy atom. The van der Waals surface area contributed by atoms with Gasteiger partial charge in [0.05, 0.1) is 13.2 Å². The number of benzene rings is 6. The van der Waals surface area contributed by atoms with E-state index < -0.39 is 0 Å². The summed E-state index contributed by atoms with van der Waals surface area (Å²) in [6.07, 6.45) is 5.52. The maximum Gasteiger partial charge on any atom is 0.199 e. The zero-order chi connectivity index (χ0) is 46.3. The van der Waals surface area contributed by atoms with Crippen LogP contribution >= 0.6 is 22.6 Å². The van der Waals surface area contributed by atoms with Crippen LogP contribution < -0.4 is 18.9 Å². The van der Waals surface area contributed by atoms with Crippen molar-refractivity contribution < 1.29 is 33.5 Å². The highest BCUT2D eigenvalue weighted by Crippen LogP contribution is 2.49. The fourth-order valence-electron chi connectivity index (χ4n) is 9.25. The van der Waals surface area contributed by atoms with Crippen molar-refractivity contribution in [1.82, 2.24) is 0 Å². The van der Waals surface area contributed by atoms with Crippen LogP contribution in [0, 0.1) is 29.3 Å². The van der Waals surface area contributed by atoms with E-state index in [1.54, 1.807) is 0 Å². The van der Waals surface area contributed by atoms with E-state index in [9.17, 15) is 0 Å². The summed E-state index contributed by atoms with van der Waals surface area (Å²) in [5.41, 5.74) is 14.7. The van der Waals surface area contributed by atoms with Gasteiger partial charge in [-0.1, -0.05) is 83.6 Å². The van der Waals surface area contributed by atoms with Gasteiger partial charge in [0.2, 0.25) is 0 Å². The number of halogens is 1. The predicted molar refractivity (Wildman–Crippen MR) is 275 cm³/mol. The molecule has 0 aliphatic carbocycles. The Balaban J connectivity index is 0.000000169. The molecule has 4 aliphatic rings. The summed E-state index contributed by atoms with van der Waals surface area (Å²) >= 11 is 2.34. The first-order valence-electron chi connectivity index (χ1n) is 23.4. The molecule has 67 heavy (non-hydrogen) atoms. The average molecular weight is 1010 g/mol. The minimum Gasteiger partial charge on any atom is -0.480 e. The Labute approximate surface area is 408 Å². The van der Waals surface area contributed by atoms with Gasteiger partial charge >= 0.3 is 0 Å². The van der Waals surface area contributed by atoms with Crippen LogP contribution in [0.1, 0.15) is 115 Å². The summed E-state index contributed by atoms with van der Waals surface area (Å²) in [7, 11) is 0. The lowest BCUT2D eigenvalue weighted by Gasteiger charge is -2.31. The zero-order valence-electron chi connectivity index (χ0n) is 38.6. The molecule has 0 aromatic heterocycles. The van der Waals surface area contributed by atoms with Crippen LogP contribution in [-0.4, -0.2) is 37.5 Å². The first-order valence-corrected chi connectivity index (χ1v) is 24.5. The summed E-state index contributed by atoms with van der Waals surface area (Å²) in [6.45, 7) is 9.96. The van der Waals surface area contributed by atoms with Crippen LogP contribution in [-0.2, 0) is 9.47 Å². The van der Waals surface area contributed by atoms with Gasteiger partial charge in [-0.25, -0.2) is 0 Å². The van der Waals surface area contributed by atoms with Gasteiger partial charge in [-0.3, -0.25) is 0 Å². The van der Waals surface area contributed by atoms with E-state index >= 15 is 0 Å². The third-order valence-corrected chi connectivity index (χ3v) is 13.4. The second-order valence-corrected chi connectivity index (χ2v) is 18.8. The van der Waals surface area contributed by atoms with Crippen LogP contribution in [0.2, 0.25) is 0 Å². The third kappa shape index (κ3) is 11.0. The molecular weight excluding hydrogens is 948 g/mol. The molecule has 6 aromatic rings. The second kappa shape index (κ2) is 21.4. The second-order valence-electron chi connectivity index (χ2n) is 17.6. The molecule has 1 N–H and O–H groups in total. The van der Waals surface area contributed by atoms with E-state index in [2.05, 4.69) is 165 Å².